The summed E-state index contributed by atoms with van der Waals surface area (Å²) in [5.74, 6) is 5.02. The molecule has 2 rings (SSSR count). The van der Waals surface area contributed by atoms with Crippen LogP contribution >= 0.6 is 22.9 Å². The van der Waals surface area contributed by atoms with Gasteiger partial charge in [0.2, 0.25) is 0 Å². The fourth-order valence-corrected chi connectivity index (χ4v) is 2.48. The van der Waals surface area contributed by atoms with Gasteiger partial charge in [-0.25, -0.2) is 5.90 Å². The maximum absolute atomic E-state index is 5.86. The summed E-state index contributed by atoms with van der Waals surface area (Å²) in [7, 11) is 0. The van der Waals surface area contributed by atoms with Crippen LogP contribution in [0.4, 0.5) is 0 Å². The Bertz CT molecular complexity index is 426. The van der Waals surface area contributed by atoms with E-state index < -0.39 is 0 Å². The smallest absolute Gasteiger partial charge is 0.0944 e. The molecule has 13 heavy (non-hydrogen) atoms. The first kappa shape index (κ1) is 8.97. The number of nitrogens with two attached hydrogens (primary N) is 1. The van der Waals surface area contributed by atoms with Crippen molar-refractivity contribution in [3.05, 3.63) is 34.2 Å². The lowest BCUT2D eigenvalue weighted by Crippen LogP contribution is -1.97. The first-order valence-electron chi connectivity index (χ1n) is 3.78. The molecule has 0 radical (unpaired) electrons. The molecule has 0 saturated heterocycles. The van der Waals surface area contributed by atoms with E-state index in [1.807, 2.05) is 23.6 Å². The molecule has 0 fully saturated rings. The van der Waals surface area contributed by atoms with E-state index in [1.54, 1.807) is 11.3 Å². The van der Waals surface area contributed by atoms with E-state index in [1.165, 1.54) is 10.1 Å². The zero-order valence-electron chi connectivity index (χ0n) is 6.79. The second-order valence-corrected chi connectivity index (χ2v) is 4.06. The van der Waals surface area contributed by atoms with E-state index in [4.69, 9.17) is 17.5 Å². The van der Waals surface area contributed by atoms with E-state index in [9.17, 15) is 0 Å². The Morgan fingerprint density at radius 3 is 3.08 bits per heavy atom. The van der Waals surface area contributed by atoms with Crippen molar-refractivity contribution in [2.75, 3.05) is 0 Å². The fourth-order valence-electron chi connectivity index (χ4n) is 1.26. The molecule has 1 aromatic carbocycles. The summed E-state index contributed by atoms with van der Waals surface area (Å²) in [6.07, 6.45) is 0. The molecule has 0 amide bonds. The highest BCUT2D eigenvalue weighted by atomic mass is 35.5. The third-order valence-electron chi connectivity index (χ3n) is 1.86. The molecule has 1 aromatic heterocycles. The van der Waals surface area contributed by atoms with Gasteiger partial charge in [-0.1, -0.05) is 17.7 Å². The van der Waals surface area contributed by atoms with Crippen LogP contribution in [0, 0.1) is 0 Å². The SMILES string of the molecule is NOCc1csc2cc(Cl)ccc12. The number of hydrogen-bond donors (Lipinski definition) is 1. The van der Waals surface area contributed by atoms with Crippen molar-refractivity contribution in [1.82, 2.24) is 0 Å². The molecule has 4 heteroatoms. The van der Waals surface area contributed by atoms with Crippen LogP contribution in [0.25, 0.3) is 10.1 Å². The molecule has 2 aromatic rings. The standard InChI is InChI=1S/C9H8ClNOS/c10-7-1-2-8-6(4-12-11)5-13-9(8)3-7/h1-3,5H,4,11H2. The normalized spacial score (nSPS) is 10.9. The number of thiophene rings is 1. The predicted octanol–water partition coefficient (Wildman–Crippen LogP) is 2.95. The molecule has 0 saturated carbocycles. The van der Waals surface area contributed by atoms with Crippen LogP contribution < -0.4 is 5.90 Å². The van der Waals surface area contributed by atoms with Gasteiger partial charge in [-0.2, -0.15) is 0 Å². The predicted molar refractivity (Wildman–Crippen MR) is 55.8 cm³/mol. The van der Waals surface area contributed by atoms with Gasteiger partial charge in [0.15, 0.2) is 0 Å². The molecular weight excluding hydrogens is 206 g/mol. The summed E-state index contributed by atoms with van der Waals surface area (Å²) < 4.78 is 1.17. The van der Waals surface area contributed by atoms with E-state index in [-0.39, 0.29) is 0 Å². The van der Waals surface area contributed by atoms with Gasteiger partial charge in [-0.05, 0) is 28.5 Å². The van der Waals surface area contributed by atoms with Gasteiger partial charge in [0.05, 0.1) is 6.61 Å². The Kier molecular flexibility index (Phi) is 2.51. The highest BCUT2D eigenvalue weighted by molar-refractivity contribution is 7.17. The lowest BCUT2D eigenvalue weighted by atomic mass is 10.2. The number of halogens is 1. The Hall–Kier alpha value is -0.610. The minimum Gasteiger partial charge on any atom is -0.300 e. The van der Waals surface area contributed by atoms with E-state index in [0.717, 1.165) is 10.6 Å². The van der Waals surface area contributed by atoms with Gasteiger partial charge in [-0.3, -0.25) is 4.84 Å². The van der Waals surface area contributed by atoms with Crippen molar-refractivity contribution in [1.29, 1.82) is 0 Å². The van der Waals surface area contributed by atoms with E-state index in [2.05, 4.69) is 4.84 Å². The van der Waals surface area contributed by atoms with Crippen LogP contribution in [0.1, 0.15) is 5.56 Å². The topological polar surface area (TPSA) is 35.2 Å². The van der Waals surface area contributed by atoms with Crippen molar-refractivity contribution in [2.24, 2.45) is 5.90 Å². The molecule has 0 bridgehead atoms. The van der Waals surface area contributed by atoms with Crippen LogP contribution in [-0.2, 0) is 11.4 Å². The second-order valence-electron chi connectivity index (χ2n) is 2.71. The number of hydrogen-bond acceptors (Lipinski definition) is 3. The monoisotopic (exact) mass is 213 g/mol. The molecule has 68 valence electrons. The number of rotatable bonds is 2. The van der Waals surface area contributed by atoms with Crippen LogP contribution in [0.5, 0.6) is 0 Å². The third kappa shape index (κ3) is 1.69. The zero-order valence-corrected chi connectivity index (χ0v) is 8.36. The molecule has 0 spiro atoms. The summed E-state index contributed by atoms with van der Waals surface area (Å²) in [6.45, 7) is 0.446. The quantitative estimate of drug-likeness (QED) is 0.779. The van der Waals surface area contributed by atoms with Gasteiger partial charge in [-0.15, -0.1) is 11.3 Å². The van der Waals surface area contributed by atoms with Crippen molar-refractivity contribution in [3.8, 4) is 0 Å². The Labute approximate surface area is 84.8 Å². The maximum Gasteiger partial charge on any atom is 0.0944 e. The zero-order chi connectivity index (χ0) is 9.26. The second kappa shape index (κ2) is 3.64. The highest BCUT2D eigenvalue weighted by Gasteiger charge is 2.03. The first-order chi connectivity index (χ1) is 6.31. The maximum atomic E-state index is 5.86. The highest BCUT2D eigenvalue weighted by Crippen LogP contribution is 2.28. The third-order valence-corrected chi connectivity index (χ3v) is 3.09. The van der Waals surface area contributed by atoms with Gasteiger partial charge in [0, 0.05) is 9.72 Å². The molecule has 0 atom stereocenters. The number of benzene rings is 1. The van der Waals surface area contributed by atoms with Crippen molar-refractivity contribution in [3.63, 3.8) is 0 Å². The lowest BCUT2D eigenvalue weighted by Gasteiger charge is -1.96. The van der Waals surface area contributed by atoms with Gasteiger partial charge in [0.1, 0.15) is 0 Å². The minimum atomic E-state index is 0.446. The van der Waals surface area contributed by atoms with Crippen LogP contribution in [0.2, 0.25) is 5.02 Å². The fraction of sp³-hybridized carbons (Fsp3) is 0.111. The molecule has 1 heterocycles. The summed E-state index contributed by atoms with van der Waals surface area (Å²) in [5, 5.41) is 3.96. The van der Waals surface area contributed by atoms with Crippen LogP contribution in [0.3, 0.4) is 0 Å². The van der Waals surface area contributed by atoms with Gasteiger partial charge in [0.25, 0.3) is 0 Å². The largest absolute Gasteiger partial charge is 0.300 e. The summed E-state index contributed by atoms with van der Waals surface area (Å²) >= 11 is 7.50. The molecule has 0 aliphatic rings. The van der Waals surface area contributed by atoms with Crippen LogP contribution in [-0.4, -0.2) is 0 Å². The molecule has 0 aliphatic carbocycles. The number of fused-ring (bicyclic) bond motifs is 1. The Morgan fingerprint density at radius 1 is 1.46 bits per heavy atom. The minimum absolute atomic E-state index is 0.446. The summed E-state index contributed by atoms with van der Waals surface area (Å²) in [5.41, 5.74) is 1.11. The molecular formula is C9H8ClNOS. The van der Waals surface area contributed by atoms with Gasteiger partial charge >= 0.3 is 0 Å². The molecule has 2 N–H and O–H groups in total. The first-order valence-corrected chi connectivity index (χ1v) is 5.04. The van der Waals surface area contributed by atoms with Crippen molar-refractivity contribution < 1.29 is 4.84 Å². The van der Waals surface area contributed by atoms with Crippen molar-refractivity contribution in [2.45, 2.75) is 6.61 Å². The van der Waals surface area contributed by atoms with E-state index >= 15 is 0 Å². The lowest BCUT2D eigenvalue weighted by molar-refractivity contribution is 0.125. The van der Waals surface area contributed by atoms with E-state index in [0.29, 0.717) is 6.61 Å². The van der Waals surface area contributed by atoms with Crippen LogP contribution in [0.15, 0.2) is 23.6 Å². The molecule has 0 unspecified atom stereocenters. The summed E-state index contributed by atoms with van der Waals surface area (Å²) in [6, 6.07) is 5.81. The average molecular weight is 214 g/mol. The summed E-state index contributed by atoms with van der Waals surface area (Å²) in [4.78, 5) is 4.60. The molecule has 0 aliphatic heterocycles. The average Bonchev–Trinajstić information content (AvgIpc) is 2.49. The Morgan fingerprint density at radius 2 is 2.31 bits per heavy atom. The van der Waals surface area contributed by atoms with Crippen molar-refractivity contribution >= 4 is 33.0 Å². The Balaban J connectivity index is 2.55. The van der Waals surface area contributed by atoms with Gasteiger partial charge < -0.3 is 0 Å². The molecule has 2 nitrogen and oxygen atoms in total.